The van der Waals surface area contributed by atoms with Crippen molar-refractivity contribution in [2.24, 2.45) is 0 Å². The second-order valence-corrected chi connectivity index (χ2v) is 3.42. The fourth-order valence-corrected chi connectivity index (χ4v) is 1.50. The number of H-pyrrole nitrogens is 1. The molecule has 1 heterocycles. The fourth-order valence-electron chi connectivity index (χ4n) is 1.26. The first kappa shape index (κ1) is 12.4. The van der Waals surface area contributed by atoms with E-state index in [-0.39, 0.29) is 0 Å². The van der Waals surface area contributed by atoms with Crippen molar-refractivity contribution in [2.75, 3.05) is 26.9 Å². The van der Waals surface area contributed by atoms with Crippen LogP contribution >= 0.6 is 12.2 Å². The molecule has 0 fully saturated rings. The summed E-state index contributed by atoms with van der Waals surface area (Å²) in [6.45, 7) is 4.73. The van der Waals surface area contributed by atoms with Crippen LogP contribution in [0.25, 0.3) is 0 Å². The van der Waals surface area contributed by atoms with Crippen LogP contribution in [-0.4, -0.2) is 41.7 Å². The zero-order chi connectivity index (χ0) is 11.1. The van der Waals surface area contributed by atoms with Crippen LogP contribution < -0.4 is 0 Å². The fraction of sp³-hybridized carbons (Fsp3) is 0.778. The van der Waals surface area contributed by atoms with Crippen molar-refractivity contribution in [3.8, 4) is 0 Å². The number of methoxy groups -OCH3 is 1. The van der Waals surface area contributed by atoms with Gasteiger partial charge in [0, 0.05) is 26.7 Å². The molecule has 0 bridgehead atoms. The van der Waals surface area contributed by atoms with E-state index in [1.165, 1.54) is 0 Å². The Kier molecular flexibility index (Phi) is 5.52. The molecule has 1 N–H and O–H groups in total. The highest BCUT2D eigenvalue weighted by atomic mass is 32.1. The molecule has 0 radical (unpaired) electrons. The Morgan fingerprint density at radius 2 is 2.27 bits per heavy atom. The maximum absolute atomic E-state index is 5.27. The number of aromatic nitrogens is 3. The lowest BCUT2D eigenvalue weighted by atomic mass is 10.4. The van der Waals surface area contributed by atoms with E-state index in [9.17, 15) is 0 Å². The first-order valence-electron chi connectivity index (χ1n) is 5.00. The Hall–Kier alpha value is -0.720. The summed E-state index contributed by atoms with van der Waals surface area (Å²) in [5.74, 6) is 0.922. The predicted octanol–water partition coefficient (Wildman–Crippen LogP) is 1.17. The second-order valence-electron chi connectivity index (χ2n) is 3.04. The highest BCUT2D eigenvalue weighted by molar-refractivity contribution is 7.71. The smallest absolute Gasteiger partial charge is 0.195 e. The van der Waals surface area contributed by atoms with E-state index in [0.29, 0.717) is 18.0 Å². The molecule has 0 aromatic carbocycles. The minimum Gasteiger partial charge on any atom is -0.383 e. The van der Waals surface area contributed by atoms with Gasteiger partial charge in [0.15, 0.2) is 4.77 Å². The summed E-state index contributed by atoms with van der Waals surface area (Å²) in [6, 6.07) is 0. The third kappa shape index (κ3) is 3.73. The zero-order valence-corrected chi connectivity index (χ0v) is 9.97. The van der Waals surface area contributed by atoms with E-state index in [1.807, 2.05) is 11.5 Å². The number of nitrogens with one attached hydrogen (secondary N) is 1. The van der Waals surface area contributed by atoms with E-state index in [2.05, 4.69) is 10.2 Å². The molecule has 0 atom stereocenters. The Morgan fingerprint density at radius 1 is 1.47 bits per heavy atom. The van der Waals surface area contributed by atoms with Gasteiger partial charge in [-0.1, -0.05) is 0 Å². The molecule has 86 valence electrons. The van der Waals surface area contributed by atoms with Crippen molar-refractivity contribution < 1.29 is 9.47 Å². The number of ether oxygens (including phenoxy) is 2. The van der Waals surface area contributed by atoms with Crippen LogP contribution in [0.2, 0.25) is 0 Å². The van der Waals surface area contributed by atoms with Gasteiger partial charge in [-0.2, -0.15) is 5.10 Å². The summed E-state index contributed by atoms with van der Waals surface area (Å²) >= 11 is 5.11. The monoisotopic (exact) mass is 231 g/mol. The molecule has 1 aromatic heterocycles. The van der Waals surface area contributed by atoms with E-state index in [0.717, 1.165) is 25.4 Å². The number of aromatic amines is 1. The third-order valence-electron chi connectivity index (χ3n) is 2.03. The van der Waals surface area contributed by atoms with Gasteiger partial charge in [0.25, 0.3) is 0 Å². The van der Waals surface area contributed by atoms with Crippen LogP contribution in [0.4, 0.5) is 0 Å². The minimum absolute atomic E-state index is 0.634. The molecule has 1 rings (SSSR count). The summed E-state index contributed by atoms with van der Waals surface area (Å²) in [6.07, 6.45) is 0.769. The largest absolute Gasteiger partial charge is 0.383 e. The van der Waals surface area contributed by atoms with Gasteiger partial charge in [-0.3, -0.25) is 5.10 Å². The second kappa shape index (κ2) is 6.71. The first-order valence-corrected chi connectivity index (χ1v) is 5.41. The summed E-state index contributed by atoms with van der Waals surface area (Å²) in [5, 5.41) is 6.93. The maximum Gasteiger partial charge on any atom is 0.195 e. The van der Waals surface area contributed by atoms with Crippen molar-refractivity contribution in [1.82, 2.24) is 14.8 Å². The van der Waals surface area contributed by atoms with Crippen LogP contribution in [-0.2, 0) is 22.4 Å². The van der Waals surface area contributed by atoms with Crippen LogP contribution in [0, 0.1) is 4.77 Å². The van der Waals surface area contributed by atoms with Crippen molar-refractivity contribution in [1.29, 1.82) is 0 Å². The lowest BCUT2D eigenvalue weighted by molar-refractivity contribution is 0.147. The molecule has 0 aliphatic heterocycles. The van der Waals surface area contributed by atoms with Gasteiger partial charge in [-0.05, 0) is 19.1 Å². The molecule has 0 amide bonds. The van der Waals surface area contributed by atoms with Gasteiger partial charge in [0.1, 0.15) is 5.82 Å². The van der Waals surface area contributed by atoms with E-state index in [1.54, 1.807) is 7.11 Å². The molecule has 0 aliphatic rings. The van der Waals surface area contributed by atoms with Crippen LogP contribution in [0.15, 0.2) is 0 Å². The molecule has 6 heteroatoms. The minimum atomic E-state index is 0.634. The van der Waals surface area contributed by atoms with Gasteiger partial charge in [0.05, 0.1) is 13.2 Å². The molecule has 1 aromatic rings. The van der Waals surface area contributed by atoms with Gasteiger partial charge in [-0.15, -0.1) is 0 Å². The number of hydrogen-bond acceptors (Lipinski definition) is 4. The van der Waals surface area contributed by atoms with E-state index in [4.69, 9.17) is 21.7 Å². The molecule has 0 saturated heterocycles. The molecular formula is C9H17N3O2S. The predicted molar refractivity (Wildman–Crippen MR) is 59.5 cm³/mol. The summed E-state index contributed by atoms with van der Waals surface area (Å²) in [5.41, 5.74) is 0. The normalized spacial score (nSPS) is 10.8. The summed E-state index contributed by atoms with van der Waals surface area (Å²) in [7, 11) is 1.67. The highest BCUT2D eigenvalue weighted by Crippen LogP contribution is 1.99. The zero-order valence-electron chi connectivity index (χ0n) is 9.15. The van der Waals surface area contributed by atoms with E-state index < -0.39 is 0 Å². The van der Waals surface area contributed by atoms with Crippen LogP contribution in [0.1, 0.15) is 12.7 Å². The highest BCUT2D eigenvalue weighted by Gasteiger charge is 2.05. The average molecular weight is 231 g/mol. The van der Waals surface area contributed by atoms with Gasteiger partial charge in [0.2, 0.25) is 0 Å². The van der Waals surface area contributed by atoms with Crippen molar-refractivity contribution in [3.05, 3.63) is 10.6 Å². The van der Waals surface area contributed by atoms with Gasteiger partial charge >= 0.3 is 0 Å². The number of nitrogens with zero attached hydrogens (tertiary/aromatic N) is 2. The average Bonchev–Trinajstić information content (AvgIpc) is 2.58. The standard InChI is InChI=1S/C9H17N3O2S/c1-3-14-6-4-8-10-11-9(15)12(8)5-7-13-2/h3-7H2,1-2H3,(H,11,15). The maximum atomic E-state index is 5.27. The van der Waals surface area contributed by atoms with Crippen LogP contribution in [0.5, 0.6) is 0 Å². The molecule has 15 heavy (non-hydrogen) atoms. The lowest BCUT2D eigenvalue weighted by Gasteiger charge is -2.05. The quantitative estimate of drug-likeness (QED) is 0.565. The number of hydrogen-bond donors (Lipinski definition) is 1. The number of rotatable bonds is 7. The van der Waals surface area contributed by atoms with E-state index >= 15 is 0 Å². The van der Waals surface area contributed by atoms with Crippen molar-refractivity contribution in [2.45, 2.75) is 19.9 Å². The molecule has 5 nitrogen and oxygen atoms in total. The van der Waals surface area contributed by atoms with Crippen molar-refractivity contribution in [3.63, 3.8) is 0 Å². The van der Waals surface area contributed by atoms with Crippen LogP contribution in [0.3, 0.4) is 0 Å². The molecule has 0 saturated carbocycles. The summed E-state index contributed by atoms with van der Waals surface area (Å²) in [4.78, 5) is 0. The molecule has 0 unspecified atom stereocenters. The Bertz CT molecular complexity index is 334. The molecule has 0 aliphatic carbocycles. The topological polar surface area (TPSA) is 52.1 Å². The Balaban J connectivity index is 2.58. The Morgan fingerprint density at radius 3 is 2.93 bits per heavy atom. The molecule has 0 spiro atoms. The first-order chi connectivity index (χ1) is 7.29. The molecular weight excluding hydrogens is 214 g/mol. The summed E-state index contributed by atoms with van der Waals surface area (Å²) < 4.78 is 12.9. The SMILES string of the molecule is CCOCCc1n[nH]c(=S)n1CCOC. The third-order valence-corrected chi connectivity index (χ3v) is 2.34. The van der Waals surface area contributed by atoms with Crippen molar-refractivity contribution >= 4 is 12.2 Å². The lowest BCUT2D eigenvalue weighted by Crippen LogP contribution is -2.10. The van der Waals surface area contributed by atoms with Gasteiger partial charge < -0.3 is 14.0 Å². The Labute approximate surface area is 94.4 Å². The van der Waals surface area contributed by atoms with Gasteiger partial charge in [-0.25, -0.2) is 0 Å².